The number of amides is 1. The van der Waals surface area contributed by atoms with Gasteiger partial charge in [0.25, 0.3) is 0 Å². The summed E-state index contributed by atoms with van der Waals surface area (Å²) < 4.78 is 41.5. The molecule has 2 heterocycles. The molecule has 3 aromatic rings. The minimum atomic E-state index is -1.40. The molecule has 10 nitrogen and oxygen atoms in total. The second kappa shape index (κ2) is 19.9. The van der Waals surface area contributed by atoms with Gasteiger partial charge in [-0.2, -0.15) is 0 Å². The van der Waals surface area contributed by atoms with Crippen LogP contribution < -0.4 is 9.47 Å². The first-order chi connectivity index (χ1) is 30.2. The van der Waals surface area contributed by atoms with E-state index >= 15 is 0 Å². The number of hydrogen-bond acceptors (Lipinski definition) is 9. The molecule has 3 fully saturated rings. The molecule has 2 N–H and O–H groups in total. The fourth-order valence-electron chi connectivity index (χ4n) is 10.2. The van der Waals surface area contributed by atoms with Crippen LogP contribution in [0.15, 0.2) is 90.1 Å². The number of carbonyl (C=O) groups is 1. The lowest BCUT2D eigenvalue weighted by molar-refractivity contribution is -0.258. The Labute approximate surface area is 365 Å². The average molecular weight is 851 g/mol. The van der Waals surface area contributed by atoms with Crippen LogP contribution >= 0.6 is 0 Å². The number of aryl methyl sites for hydroxylation is 2. The number of rotatable bonds is 19. The predicted molar refractivity (Wildman–Crippen MR) is 235 cm³/mol. The molecular weight excluding hydrogens is 788 g/mol. The van der Waals surface area contributed by atoms with Crippen molar-refractivity contribution < 1.29 is 43.2 Å². The van der Waals surface area contributed by atoms with Crippen molar-refractivity contribution in [3.63, 3.8) is 0 Å². The van der Waals surface area contributed by atoms with E-state index in [0.29, 0.717) is 30.9 Å². The smallest absolute Gasteiger partial charge is 0.239 e. The quantitative estimate of drug-likeness (QED) is 0.0696. The van der Waals surface area contributed by atoms with Crippen LogP contribution in [0.2, 0.25) is 0 Å². The molecule has 5 aliphatic rings. The third kappa shape index (κ3) is 9.51. The Hall–Kier alpha value is -4.55. The maximum atomic E-state index is 14.8. The van der Waals surface area contributed by atoms with E-state index < -0.39 is 24.0 Å². The van der Waals surface area contributed by atoms with Gasteiger partial charge in [0.15, 0.2) is 0 Å². The summed E-state index contributed by atoms with van der Waals surface area (Å²) in [6, 6.07) is 17.8. The van der Waals surface area contributed by atoms with Gasteiger partial charge in [-0.05, 0) is 142 Å². The Bertz CT molecular complexity index is 2100. The third-order valence-electron chi connectivity index (χ3n) is 13.6. The molecule has 0 aromatic heterocycles. The number of aliphatic hydroxyl groups excluding tert-OH is 2. The molecule has 7 atom stereocenters. The molecule has 62 heavy (non-hydrogen) atoms. The second-order valence-electron chi connectivity index (χ2n) is 17.9. The number of ether oxygens (including phenoxy) is 4. The highest BCUT2D eigenvalue weighted by atomic mass is 19.1. The number of hydrogen-bond donors (Lipinski definition) is 2. The molecule has 11 heteroatoms. The fourth-order valence-corrected chi connectivity index (χ4v) is 10.2. The molecule has 8 rings (SSSR count). The van der Waals surface area contributed by atoms with Gasteiger partial charge in [0.2, 0.25) is 18.0 Å². The van der Waals surface area contributed by atoms with Gasteiger partial charge in [0.1, 0.15) is 29.1 Å². The Balaban J connectivity index is 1.33. The Morgan fingerprint density at radius 1 is 0.952 bits per heavy atom. The average Bonchev–Trinajstić information content (AvgIpc) is 4.14. The highest BCUT2D eigenvalue weighted by Crippen LogP contribution is 2.62. The Morgan fingerprint density at radius 3 is 2.42 bits per heavy atom. The number of oxime groups is 1. The van der Waals surface area contributed by atoms with Crippen LogP contribution in [0, 0.1) is 43.3 Å². The molecule has 1 amide bonds. The van der Waals surface area contributed by atoms with Gasteiger partial charge in [-0.1, -0.05) is 48.3 Å². The van der Waals surface area contributed by atoms with Crippen LogP contribution in [0.5, 0.6) is 17.2 Å². The van der Waals surface area contributed by atoms with Crippen molar-refractivity contribution in [1.82, 2.24) is 4.90 Å². The first-order valence-electron chi connectivity index (χ1n) is 22.9. The largest absolute Gasteiger partial charge is 0.459 e. The number of carbonyl (C=O) groups excluding carboxylic acids is 1. The van der Waals surface area contributed by atoms with Crippen molar-refractivity contribution in [2.24, 2.45) is 28.8 Å². The van der Waals surface area contributed by atoms with E-state index in [9.17, 15) is 19.4 Å². The van der Waals surface area contributed by atoms with E-state index in [4.69, 9.17) is 28.9 Å². The van der Waals surface area contributed by atoms with Gasteiger partial charge in [0.05, 0.1) is 24.8 Å². The minimum absolute atomic E-state index is 0.00415. The Morgan fingerprint density at radius 2 is 1.71 bits per heavy atom. The van der Waals surface area contributed by atoms with E-state index in [1.54, 1.807) is 18.2 Å². The SMILES string of the molecule is C=CCOC12Oc3ccc(Oc4ccc(C)c(C)c4)cc3C3C(CCCCO)C(CCCCO)C=C(C(=NOC4CCCCO4)CC1N(Cc1ccc(F)cc1)C(=O)C1CC1)C32. The zero-order valence-corrected chi connectivity index (χ0v) is 36.3. The van der Waals surface area contributed by atoms with Crippen molar-refractivity contribution in [3.05, 3.63) is 113 Å². The zero-order valence-electron chi connectivity index (χ0n) is 36.3. The van der Waals surface area contributed by atoms with Crippen molar-refractivity contribution >= 4 is 11.6 Å². The normalized spacial score (nSPS) is 27.0. The molecule has 0 bridgehead atoms. The topological polar surface area (TPSA) is 119 Å². The number of nitrogens with zero attached hydrogens (tertiary/aromatic N) is 2. The van der Waals surface area contributed by atoms with E-state index in [2.05, 4.69) is 38.6 Å². The van der Waals surface area contributed by atoms with Crippen LogP contribution in [0.3, 0.4) is 0 Å². The molecule has 1 saturated heterocycles. The summed E-state index contributed by atoms with van der Waals surface area (Å²) in [5.41, 5.74) is 5.78. The second-order valence-corrected chi connectivity index (χ2v) is 17.9. The third-order valence-corrected chi connectivity index (χ3v) is 13.6. The lowest BCUT2D eigenvalue weighted by Crippen LogP contribution is -2.70. The predicted octanol–water partition coefficient (Wildman–Crippen LogP) is 9.83. The van der Waals surface area contributed by atoms with Gasteiger partial charge in [-0.15, -0.1) is 6.58 Å². The van der Waals surface area contributed by atoms with Crippen molar-refractivity contribution in [3.8, 4) is 17.2 Å². The zero-order chi connectivity index (χ0) is 43.2. The number of allylic oxidation sites excluding steroid dienone is 1. The summed E-state index contributed by atoms with van der Waals surface area (Å²) in [6.07, 6.45) is 12.8. The molecule has 332 valence electrons. The monoisotopic (exact) mass is 850 g/mol. The van der Waals surface area contributed by atoms with E-state index in [1.807, 2.05) is 29.2 Å². The number of halogens is 1. The van der Waals surface area contributed by atoms with Crippen LogP contribution in [0.25, 0.3) is 0 Å². The summed E-state index contributed by atoms with van der Waals surface area (Å²) in [5.74, 6) is -0.321. The molecule has 3 aliphatic carbocycles. The van der Waals surface area contributed by atoms with Gasteiger partial charge in [-0.3, -0.25) is 4.79 Å². The van der Waals surface area contributed by atoms with Crippen molar-refractivity contribution in [1.29, 1.82) is 0 Å². The van der Waals surface area contributed by atoms with Crippen LogP contribution in [-0.4, -0.2) is 71.3 Å². The molecule has 2 aliphatic heterocycles. The van der Waals surface area contributed by atoms with Crippen LogP contribution in [0.4, 0.5) is 4.39 Å². The lowest BCUT2D eigenvalue weighted by Gasteiger charge is -2.60. The van der Waals surface area contributed by atoms with Crippen molar-refractivity contribution in [2.45, 2.75) is 121 Å². The molecule has 3 aromatic carbocycles. The van der Waals surface area contributed by atoms with Gasteiger partial charge in [-0.25, -0.2) is 4.39 Å². The minimum Gasteiger partial charge on any atom is -0.459 e. The van der Waals surface area contributed by atoms with E-state index in [1.165, 1.54) is 17.7 Å². The molecule has 0 radical (unpaired) electrons. The van der Waals surface area contributed by atoms with E-state index in [-0.39, 0.29) is 68.2 Å². The van der Waals surface area contributed by atoms with Crippen LogP contribution in [-0.2, 0) is 25.7 Å². The summed E-state index contributed by atoms with van der Waals surface area (Å²) in [4.78, 5) is 23.0. The molecular formula is C51H63FN2O8. The maximum Gasteiger partial charge on any atom is 0.239 e. The number of fused-ring (bicyclic) bond motifs is 2. The highest BCUT2D eigenvalue weighted by Gasteiger charge is 2.66. The number of benzene rings is 3. The van der Waals surface area contributed by atoms with Crippen LogP contribution in [0.1, 0.15) is 105 Å². The summed E-state index contributed by atoms with van der Waals surface area (Å²) in [5, 5.41) is 24.9. The van der Waals surface area contributed by atoms with Gasteiger partial charge >= 0.3 is 0 Å². The highest BCUT2D eigenvalue weighted by molar-refractivity contribution is 6.03. The summed E-state index contributed by atoms with van der Waals surface area (Å²) >= 11 is 0. The first-order valence-corrected chi connectivity index (χ1v) is 22.9. The van der Waals surface area contributed by atoms with Gasteiger partial charge < -0.3 is 38.9 Å². The number of unbranched alkanes of at least 4 members (excludes halogenated alkanes) is 2. The maximum absolute atomic E-state index is 14.8. The van der Waals surface area contributed by atoms with E-state index in [0.717, 1.165) is 91.5 Å². The standard InChI is InChI=1S/C51H63FN2O8/c1-4-26-59-51-46(54(50(57)36-17-18-36)32-35-15-19-38(52)20-16-35)31-44(53-62-47-13-7-10-27-58-47)42-29-37(11-5-8-24-55)41(12-6-9-25-56)48(49(42)51)43-30-40(22-23-45(43)61-51)60-39-21-14-33(2)34(3)28-39/h4,14-16,19-23,28-30,36-37,41,46-49,55-56H,1,5-13,17-18,24-27,31-32H2,2-3H3. The number of aliphatic hydroxyl groups is 2. The van der Waals surface area contributed by atoms with Gasteiger partial charge in [0, 0.05) is 50.0 Å². The first kappa shape index (κ1) is 44.1. The molecule has 0 spiro atoms. The Kier molecular flexibility index (Phi) is 14.1. The molecule has 7 unspecified atom stereocenters. The molecule has 2 saturated carbocycles. The fraction of sp³-hybridized carbons (Fsp3) is 0.529. The lowest BCUT2D eigenvalue weighted by atomic mass is 9.55. The van der Waals surface area contributed by atoms with Crippen molar-refractivity contribution in [2.75, 3.05) is 26.4 Å². The summed E-state index contributed by atoms with van der Waals surface area (Å²) in [6.45, 7) is 9.41. The summed E-state index contributed by atoms with van der Waals surface area (Å²) in [7, 11) is 0.